The number of nitrogens with one attached hydrogen (secondary N) is 1. The summed E-state index contributed by atoms with van der Waals surface area (Å²) in [6.07, 6.45) is 1.44. The Labute approximate surface area is 183 Å². The fraction of sp³-hybridized carbons (Fsp3) is 0.316. The van der Waals surface area contributed by atoms with E-state index in [2.05, 4.69) is 15.3 Å². The van der Waals surface area contributed by atoms with Gasteiger partial charge in [0.15, 0.2) is 0 Å². The van der Waals surface area contributed by atoms with Crippen LogP contribution in [0.25, 0.3) is 0 Å². The molecule has 1 aromatic heterocycles. The Bertz CT molecular complexity index is 1170. The number of nitrogens with two attached hydrogens (primary N) is 1. The van der Waals surface area contributed by atoms with E-state index < -0.39 is 32.5 Å². The standard InChI is InChI=1S/C19H19ClFN5O4S/c1-26-18(22)25-19(6-7-30-10-16(19)31(26,28)29)13-8-12(3-4-14(13)21)24-17(27)15-5-2-11(20)9-23-15/h2-5,8-9,16H,6-7,10H2,1H3,(H2,22,25)(H,24,27). The molecular formula is C19H19ClFN5O4S. The zero-order chi connectivity index (χ0) is 22.4. The number of guanidine groups is 1. The Kier molecular flexibility index (Phi) is 5.36. The summed E-state index contributed by atoms with van der Waals surface area (Å²) < 4.78 is 47.2. The number of fused-ring (bicyclic) bond motifs is 1. The number of carbonyl (C=O) groups is 1. The number of hydrogen-bond donors (Lipinski definition) is 2. The summed E-state index contributed by atoms with van der Waals surface area (Å²) in [5.41, 5.74) is 4.79. The molecule has 3 N–H and O–H groups in total. The molecular weight excluding hydrogens is 449 g/mol. The van der Waals surface area contributed by atoms with Crippen molar-refractivity contribution in [3.8, 4) is 0 Å². The SMILES string of the molecule is CN1C(N)=NC2(c3cc(NC(=O)c4ccc(Cl)cn4)ccc3F)CCOCC2S1(=O)=O. The number of rotatable bonds is 3. The first-order chi connectivity index (χ1) is 14.6. The lowest BCUT2D eigenvalue weighted by Gasteiger charge is -2.45. The number of carbonyl (C=O) groups excluding carboxylic acids is 1. The van der Waals surface area contributed by atoms with Crippen LogP contribution in [0, 0.1) is 5.82 Å². The van der Waals surface area contributed by atoms with E-state index >= 15 is 4.39 Å². The summed E-state index contributed by atoms with van der Waals surface area (Å²) in [5.74, 6) is -1.43. The van der Waals surface area contributed by atoms with Gasteiger partial charge in [0.1, 0.15) is 22.3 Å². The third-order valence-electron chi connectivity index (χ3n) is 5.46. The summed E-state index contributed by atoms with van der Waals surface area (Å²) in [4.78, 5) is 20.9. The van der Waals surface area contributed by atoms with E-state index in [4.69, 9.17) is 22.1 Å². The van der Waals surface area contributed by atoms with Crippen LogP contribution in [0.3, 0.4) is 0 Å². The van der Waals surface area contributed by atoms with Gasteiger partial charge in [0, 0.05) is 37.5 Å². The minimum absolute atomic E-state index is 0.0160. The average molecular weight is 468 g/mol. The smallest absolute Gasteiger partial charge is 0.274 e. The van der Waals surface area contributed by atoms with Gasteiger partial charge in [0.25, 0.3) is 5.91 Å². The highest BCUT2D eigenvalue weighted by Crippen LogP contribution is 2.44. The molecule has 164 valence electrons. The highest BCUT2D eigenvalue weighted by atomic mass is 35.5. The van der Waals surface area contributed by atoms with Gasteiger partial charge >= 0.3 is 0 Å². The fourth-order valence-electron chi connectivity index (χ4n) is 3.78. The quantitative estimate of drug-likeness (QED) is 0.707. The Morgan fingerprint density at radius 3 is 2.87 bits per heavy atom. The van der Waals surface area contributed by atoms with Crippen LogP contribution in [-0.2, 0) is 20.3 Å². The average Bonchev–Trinajstić information content (AvgIpc) is 2.74. The number of pyridine rings is 1. The molecule has 1 fully saturated rings. The van der Waals surface area contributed by atoms with Crippen LogP contribution in [0.5, 0.6) is 0 Å². The third kappa shape index (κ3) is 3.62. The van der Waals surface area contributed by atoms with Crippen LogP contribution in [0.1, 0.15) is 22.5 Å². The maximum atomic E-state index is 15.0. The van der Waals surface area contributed by atoms with Crippen molar-refractivity contribution in [3.63, 3.8) is 0 Å². The number of anilines is 1. The minimum atomic E-state index is -3.94. The zero-order valence-corrected chi connectivity index (χ0v) is 18.0. The van der Waals surface area contributed by atoms with Crippen molar-refractivity contribution in [2.24, 2.45) is 10.7 Å². The molecule has 1 saturated heterocycles. The van der Waals surface area contributed by atoms with Crippen molar-refractivity contribution in [2.45, 2.75) is 17.2 Å². The summed E-state index contributed by atoms with van der Waals surface area (Å²) in [6.45, 7) is 0.0193. The number of amides is 1. The number of sulfonamides is 1. The number of ether oxygens (including phenoxy) is 1. The third-order valence-corrected chi connectivity index (χ3v) is 7.88. The fourth-order valence-corrected chi connectivity index (χ4v) is 5.64. The van der Waals surface area contributed by atoms with Crippen molar-refractivity contribution in [1.29, 1.82) is 0 Å². The number of benzene rings is 1. The van der Waals surface area contributed by atoms with Crippen LogP contribution in [-0.4, -0.2) is 55.1 Å². The molecule has 12 heteroatoms. The molecule has 1 amide bonds. The van der Waals surface area contributed by atoms with E-state index in [-0.39, 0.29) is 42.5 Å². The summed E-state index contributed by atoms with van der Waals surface area (Å²) >= 11 is 5.79. The lowest BCUT2D eigenvalue weighted by Crippen LogP contribution is -2.61. The predicted octanol–water partition coefficient (Wildman–Crippen LogP) is 1.70. The molecule has 31 heavy (non-hydrogen) atoms. The van der Waals surface area contributed by atoms with E-state index in [1.54, 1.807) is 0 Å². The monoisotopic (exact) mass is 467 g/mol. The Hall–Kier alpha value is -2.76. The molecule has 2 unspecified atom stereocenters. The van der Waals surface area contributed by atoms with Crippen molar-refractivity contribution in [1.82, 2.24) is 9.29 Å². The number of halogens is 2. The van der Waals surface area contributed by atoms with E-state index in [0.717, 1.165) is 10.4 Å². The van der Waals surface area contributed by atoms with Crippen LogP contribution >= 0.6 is 11.6 Å². The van der Waals surface area contributed by atoms with Crippen LogP contribution < -0.4 is 11.1 Å². The first kappa shape index (κ1) is 21.5. The lowest BCUT2D eigenvalue weighted by molar-refractivity contribution is 0.0521. The second kappa shape index (κ2) is 7.74. The van der Waals surface area contributed by atoms with E-state index in [9.17, 15) is 13.2 Å². The maximum Gasteiger partial charge on any atom is 0.274 e. The van der Waals surface area contributed by atoms with Gasteiger partial charge in [-0.05, 0) is 30.3 Å². The molecule has 0 radical (unpaired) electrons. The molecule has 4 rings (SSSR count). The summed E-state index contributed by atoms with van der Waals surface area (Å²) in [7, 11) is -2.65. The van der Waals surface area contributed by atoms with Crippen LogP contribution in [0.2, 0.25) is 5.02 Å². The number of aromatic nitrogens is 1. The van der Waals surface area contributed by atoms with Gasteiger partial charge < -0.3 is 15.8 Å². The molecule has 2 aromatic rings. The molecule has 9 nitrogen and oxygen atoms in total. The predicted molar refractivity (Wildman–Crippen MR) is 113 cm³/mol. The normalized spacial score (nSPS) is 24.8. The van der Waals surface area contributed by atoms with Crippen molar-refractivity contribution in [3.05, 3.63) is 58.6 Å². The number of nitrogens with zero attached hydrogens (tertiary/aromatic N) is 3. The molecule has 2 atom stereocenters. The van der Waals surface area contributed by atoms with Gasteiger partial charge in [-0.15, -0.1) is 0 Å². The van der Waals surface area contributed by atoms with Gasteiger partial charge in [-0.1, -0.05) is 11.6 Å². The van der Waals surface area contributed by atoms with Crippen molar-refractivity contribution >= 4 is 39.2 Å². The Balaban J connectivity index is 1.77. The second-order valence-electron chi connectivity index (χ2n) is 7.23. The Morgan fingerprint density at radius 2 is 2.16 bits per heavy atom. The number of hydrogen-bond acceptors (Lipinski definition) is 7. The maximum absolute atomic E-state index is 15.0. The van der Waals surface area contributed by atoms with Crippen molar-refractivity contribution < 1.29 is 22.3 Å². The van der Waals surface area contributed by atoms with Gasteiger partial charge in [0.2, 0.25) is 16.0 Å². The zero-order valence-electron chi connectivity index (χ0n) is 16.4. The lowest BCUT2D eigenvalue weighted by atomic mass is 9.82. The van der Waals surface area contributed by atoms with Crippen molar-refractivity contribution in [2.75, 3.05) is 25.6 Å². The molecule has 0 bridgehead atoms. The van der Waals surface area contributed by atoms with Gasteiger partial charge in [0.05, 0.1) is 11.6 Å². The summed E-state index contributed by atoms with van der Waals surface area (Å²) in [5, 5.41) is 1.85. The van der Waals surface area contributed by atoms with Crippen LogP contribution in [0.15, 0.2) is 41.5 Å². The van der Waals surface area contributed by atoms with E-state index in [0.29, 0.717) is 5.02 Å². The molecule has 0 saturated carbocycles. The first-order valence-corrected chi connectivity index (χ1v) is 11.2. The van der Waals surface area contributed by atoms with Gasteiger partial charge in [-0.2, -0.15) is 0 Å². The van der Waals surface area contributed by atoms with E-state index in [1.807, 2.05) is 0 Å². The highest BCUT2D eigenvalue weighted by Gasteiger charge is 2.55. The summed E-state index contributed by atoms with van der Waals surface area (Å²) in [6, 6.07) is 6.86. The largest absolute Gasteiger partial charge is 0.380 e. The molecule has 0 spiro atoms. The highest BCUT2D eigenvalue weighted by molar-refractivity contribution is 7.90. The molecule has 2 aliphatic heterocycles. The van der Waals surface area contributed by atoms with E-state index in [1.165, 1.54) is 37.5 Å². The van der Waals surface area contributed by atoms with Gasteiger partial charge in [-0.3, -0.25) is 4.79 Å². The first-order valence-electron chi connectivity index (χ1n) is 9.29. The van der Waals surface area contributed by atoms with Gasteiger partial charge in [-0.25, -0.2) is 27.1 Å². The molecule has 2 aliphatic rings. The molecule has 0 aliphatic carbocycles. The minimum Gasteiger partial charge on any atom is -0.380 e. The molecule has 3 heterocycles. The number of aliphatic imine (C=N–C) groups is 1. The Morgan fingerprint density at radius 1 is 1.39 bits per heavy atom. The second-order valence-corrected chi connectivity index (χ2v) is 9.81. The topological polar surface area (TPSA) is 127 Å². The van der Waals surface area contributed by atoms with Crippen LogP contribution in [0.4, 0.5) is 10.1 Å². The molecule has 1 aromatic carbocycles.